The van der Waals surface area contributed by atoms with Crippen molar-refractivity contribution in [1.82, 2.24) is 4.98 Å². The van der Waals surface area contributed by atoms with Crippen LogP contribution < -0.4 is 4.57 Å². The van der Waals surface area contributed by atoms with E-state index in [4.69, 9.17) is 0 Å². The minimum absolute atomic E-state index is 0.809. The van der Waals surface area contributed by atoms with Gasteiger partial charge in [-0.25, -0.2) is 14.5 Å². The first kappa shape index (κ1) is 7.08. The number of aromatic amines is 1. The van der Waals surface area contributed by atoms with Gasteiger partial charge in [0.25, 0.3) is 5.82 Å². The lowest BCUT2D eigenvalue weighted by Crippen LogP contribution is -2.22. The molecule has 10 heavy (non-hydrogen) atoms. The van der Waals surface area contributed by atoms with Crippen molar-refractivity contribution in [3.8, 4) is 0 Å². The third-order valence-corrected chi connectivity index (χ3v) is 1.14. The number of aromatic nitrogens is 2. The molecule has 1 aromatic rings. The highest BCUT2D eigenvalue weighted by molar-refractivity contribution is 7.80. The maximum absolute atomic E-state index is 4.56. The fourth-order valence-corrected chi connectivity index (χ4v) is 0.678. The highest BCUT2D eigenvalue weighted by Gasteiger charge is 1.95. The summed E-state index contributed by atoms with van der Waals surface area (Å²) in [4.78, 5) is 6.92. The molecule has 0 unspecified atom stereocenters. The first-order valence-electron chi connectivity index (χ1n) is 2.84. The number of nitrogens with zero attached hydrogens (tertiary/aromatic N) is 2. The molecule has 0 bridgehead atoms. The predicted octanol–water partition coefficient (Wildman–Crippen LogP) is 0.541. The van der Waals surface area contributed by atoms with Crippen LogP contribution in [0.2, 0.25) is 0 Å². The number of imidazole rings is 1. The molecule has 0 aliphatic rings. The van der Waals surface area contributed by atoms with Crippen LogP contribution in [0.3, 0.4) is 0 Å². The van der Waals surface area contributed by atoms with Gasteiger partial charge in [-0.1, -0.05) is 12.2 Å². The van der Waals surface area contributed by atoms with E-state index < -0.39 is 0 Å². The standard InChI is InChI=1S/C6H7N3S/c1-9-4-6(8-5-9)7-2-3-10/h2-5H,1H3/p+1/b7-2+. The molecule has 4 heteroatoms. The van der Waals surface area contributed by atoms with Gasteiger partial charge in [0.15, 0.2) is 6.20 Å². The summed E-state index contributed by atoms with van der Waals surface area (Å²) in [5.41, 5.74) is 0. The summed E-state index contributed by atoms with van der Waals surface area (Å²) in [7, 11) is 1.92. The van der Waals surface area contributed by atoms with Gasteiger partial charge in [-0.05, 0) is 0 Å². The number of nitrogens with one attached hydrogen (secondary N) is 1. The molecule has 0 saturated carbocycles. The lowest BCUT2D eigenvalue weighted by atomic mass is 10.7. The summed E-state index contributed by atoms with van der Waals surface area (Å²) < 4.78 is 1.88. The van der Waals surface area contributed by atoms with Crippen molar-refractivity contribution in [3.05, 3.63) is 12.5 Å². The summed E-state index contributed by atoms with van der Waals surface area (Å²) in [5.74, 6) is 0.809. The molecule has 0 atom stereocenters. The lowest BCUT2D eigenvalue weighted by molar-refractivity contribution is -0.669. The zero-order valence-corrected chi connectivity index (χ0v) is 6.43. The molecule has 0 spiro atoms. The number of hydrogen-bond acceptors (Lipinski definition) is 2. The number of aliphatic imine (C=N–C) groups is 1. The van der Waals surface area contributed by atoms with Crippen molar-refractivity contribution >= 4 is 29.6 Å². The average molecular weight is 154 g/mol. The van der Waals surface area contributed by atoms with Gasteiger partial charge >= 0.3 is 0 Å². The summed E-state index contributed by atoms with van der Waals surface area (Å²) in [6.45, 7) is 0. The molecule has 0 saturated heterocycles. The van der Waals surface area contributed by atoms with Gasteiger partial charge in [-0.3, -0.25) is 0 Å². The van der Waals surface area contributed by atoms with Crippen LogP contribution in [0.4, 0.5) is 5.82 Å². The second-order valence-corrected chi connectivity index (χ2v) is 2.14. The van der Waals surface area contributed by atoms with E-state index in [9.17, 15) is 0 Å². The largest absolute Gasteiger partial charge is 0.258 e. The van der Waals surface area contributed by atoms with Crippen LogP contribution in [-0.4, -0.2) is 16.6 Å². The molecule has 1 aromatic heterocycles. The third-order valence-electron chi connectivity index (χ3n) is 1.02. The topological polar surface area (TPSA) is 32.0 Å². The van der Waals surface area contributed by atoms with Crippen molar-refractivity contribution in [1.29, 1.82) is 0 Å². The summed E-state index contributed by atoms with van der Waals surface area (Å²) in [6.07, 6.45) is 5.26. The van der Waals surface area contributed by atoms with E-state index in [1.165, 1.54) is 5.37 Å². The maximum atomic E-state index is 4.56. The highest BCUT2D eigenvalue weighted by atomic mass is 32.1. The van der Waals surface area contributed by atoms with Crippen molar-refractivity contribution in [2.45, 2.75) is 0 Å². The average Bonchev–Trinajstić information content (AvgIpc) is 2.31. The molecule has 0 aliphatic carbocycles. The van der Waals surface area contributed by atoms with Crippen molar-refractivity contribution in [2.75, 3.05) is 0 Å². The van der Waals surface area contributed by atoms with E-state index in [1.54, 1.807) is 6.21 Å². The minimum Gasteiger partial charge on any atom is -0.237 e. The Balaban J connectivity index is 2.75. The van der Waals surface area contributed by atoms with Crippen LogP contribution in [-0.2, 0) is 7.05 Å². The number of aryl methyl sites for hydroxylation is 1. The molecule has 0 radical (unpaired) electrons. The van der Waals surface area contributed by atoms with Gasteiger partial charge < -0.3 is 0 Å². The molecule has 0 aromatic carbocycles. The van der Waals surface area contributed by atoms with Gasteiger partial charge in [-0.2, -0.15) is 0 Å². The van der Waals surface area contributed by atoms with Gasteiger partial charge in [0, 0.05) is 11.6 Å². The van der Waals surface area contributed by atoms with Gasteiger partial charge in [0.1, 0.15) is 0 Å². The lowest BCUT2D eigenvalue weighted by Gasteiger charge is -1.72. The van der Waals surface area contributed by atoms with E-state index in [0.29, 0.717) is 0 Å². The highest BCUT2D eigenvalue weighted by Crippen LogP contribution is 1.99. The molecule has 1 rings (SSSR count). The Morgan fingerprint density at radius 2 is 2.60 bits per heavy atom. The summed E-state index contributed by atoms with van der Waals surface area (Å²) in [6, 6.07) is 0. The van der Waals surface area contributed by atoms with E-state index in [0.717, 1.165) is 5.82 Å². The Kier molecular flexibility index (Phi) is 2.28. The van der Waals surface area contributed by atoms with Crippen LogP contribution >= 0.6 is 12.2 Å². The molecular formula is C6H8N3S+. The SMILES string of the molecule is C[n+]1c[nH]c(/N=C/C=S)c1. The summed E-state index contributed by atoms with van der Waals surface area (Å²) in [5, 5.41) is 1.47. The van der Waals surface area contributed by atoms with E-state index in [2.05, 4.69) is 22.2 Å². The third kappa shape index (κ3) is 1.73. The number of H-pyrrole nitrogens is 1. The molecule has 0 fully saturated rings. The van der Waals surface area contributed by atoms with Crippen molar-refractivity contribution < 1.29 is 4.57 Å². The number of thiocarbonyl (C=S) groups is 1. The fourth-order valence-electron chi connectivity index (χ4n) is 0.617. The predicted molar refractivity (Wildman–Crippen MR) is 43.8 cm³/mol. The van der Waals surface area contributed by atoms with Crippen LogP contribution in [0.1, 0.15) is 0 Å². The Labute approximate surface area is 64.4 Å². The van der Waals surface area contributed by atoms with E-state index in [1.807, 2.05) is 24.1 Å². The molecular weight excluding hydrogens is 146 g/mol. The Hall–Kier alpha value is -1.03. The van der Waals surface area contributed by atoms with Crippen molar-refractivity contribution in [2.24, 2.45) is 12.0 Å². The van der Waals surface area contributed by atoms with Gasteiger partial charge in [0.05, 0.1) is 7.05 Å². The molecule has 1 heterocycles. The normalized spacial score (nSPS) is 10.5. The van der Waals surface area contributed by atoms with E-state index >= 15 is 0 Å². The molecule has 1 N–H and O–H groups in total. The Morgan fingerprint density at radius 1 is 1.80 bits per heavy atom. The van der Waals surface area contributed by atoms with Crippen molar-refractivity contribution in [3.63, 3.8) is 0 Å². The van der Waals surface area contributed by atoms with Crippen LogP contribution in [0.15, 0.2) is 17.5 Å². The Morgan fingerprint density at radius 3 is 3.10 bits per heavy atom. The summed E-state index contributed by atoms with van der Waals surface area (Å²) >= 11 is 4.56. The quantitative estimate of drug-likeness (QED) is 0.376. The number of rotatable bonds is 2. The molecule has 3 nitrogen and oxygen atoms in total. The van der Waals surface area contributed by atoms with E-state index in [-0.39, 0.29) is 0 Å². The molecule has 0 amide bonds. The second-order valence-electron chi connectivity index (χ2n) is 1.87. The first-order chi connectivity index (χ1) is 4.83. The molecule has 0 aliphatic heterocycles. The molecule has 52 valence electrons. The van der Waals surface area contributed by atoms with Crippen LogP contribution in [0, 0.1) is 0 Å². The fraction of sp³-hybridized carbons (Fsp3) is 0.167. The van der Waals surface area contributed by atoms with Gasteiger partial charge in [0.2, 0.25) is 6.33 Å². The number of hydrogen-bond donors (Lipinski definition) is 1. The van der Waals surface area contributed by atoms with Gasteiger partial charge in [-0.15, -0.1) is 0 Å². The monoisotopic (exact) mass is 154 g/mol. The zero-order chi connectivity index (χ0) is 7.40. The van der Waals surface area contributed by atoms with Crippen LogP contribution in [0.25, 0.3) is 0 Å². The zero-order valence-electron chi connectivity index (χ0n) is 5.61. The van der Waals surface area contributed by atoms with Crippen LogP contribution in [0.5, 0.6) is 0 Å². The smallest absolute Gasteiger partial charge is 0.237 e. The maximum Gasteiger partial charge on any atom is 0.258 e. The first-order valence-corrected chi connectivity index (χ1v) is 3.31. The Bertz CT molecular complexity index is 251. The minimum atomic E-state index is 0.809. The second kappa shape index (κ2) is 3.22.